The summed E-state index contributed by atoms with van der Waals surface area (Å²) in [5.41, 5.74) is 0. The van der Waals surface area contributed by atoms with E-state index in [4.69, 9.17) is 0 Å². The number of rotatable bonds is 1. The van der Waals surface area contributed by atoms with E-state index >= 15 is 0 Å². The number of fused-ring (bicyclic) bond motifs is 1. The van der Waals surface area contributed by atoms with Gasteiger partial charge in [-0.25, -0.2) is 9.67 Å². The van der Waals surface area contributed by atoms with Crippen molar-refractivity contribution in [3.8, 4) is 0 Å². The summed E-state index contributed by atoms with van der Waals surface area (Å²) in [7, 11) is 0. The minimum Gasteiger partial charge on any atom is -0.250 e. The quantitative estimate of drug-likeness (QED) is 0.607. The summed E-state index contributed by atoms with van der Waals surface area (Å²) >= 11 is 0. The van der Waals surface area contributed by atoms with Crippen molar-refractivity contribution in [2.24, 2.45) is 5.92 Å². The van der Waals surface area contributed by atoms with Gasteiger partial charge in [-0.2, -0.15) is 5.10 Å². The molecule has 0 fully saturated rings. The van der Waals surface area contributed by atoms with Crippen LogP contribution in [-0.4, -0.2) is 14.8 Å². The van der Waals surface area contributed by atoms with Gasteiger partial charge in [0.2, 0.25) is 0 Å². The first-order chi connectivity index (χ1) is 5.29. The number of aryl methyl sites for hydroxylation is 1. The molecule has 1 unspecified atom stereocenters. The summed E-state index contributed by atoms with van der Waals surface area (Å²) in [5.74, 6) is 2.51. The molecule has 3 heteroatoms. The number of nitrogens with zero attached hydrogens (tertiary/aromatic N) is 3. The van der Waals surface area contributed by atoms with Gasteiger partial charge in [0.1, 0.15) is 12.2 Å². The maximum atomic E-state index is 4.25. The third kappa shape index (κ3) is 0.951. The maximum absolute atomic E-state index is 4.25. The van der Waals surface area contributed by atoms with Gasteiger partial charge in [0.25, 0.3) is 0 Å². The zero-order valence-corrected chi connectivity index (χ0v) is 6.99. The standard InChI is InChI=1S/C8H13N3/c1-6(2)7-3-4-11-8(7)9-5-10-11/h5-7H,3-4H2,1-2H3. The topological polar surface area (TPSA) is 30.7 Å². The molecule has 2 rings (SSSR count). The molecule has 1 aromatic heterocycles. The lowest BCUT2D eigenvalue weighted by atomic mass is 9.94. The van der Waals surface area contributed by atoms with Gasteiger partial charge in [-0.15, -0.1) is 0 Å². The molecule has 60 valence electrons. The third-order valence-corrected chi connectivity index (χ3v) is 2.43. The smallest absolute Gasteiger partial charge is 0.138 e. The Morgan fingerprint density at radius 3 is 3.18 bits per heavy atom. The summed E-state index contributed by atoms with van der Waals surface area (Å²) in [6.45, 7) is 5.54. The fourth-order valence-corrected chi connectivity index (χ4v) is 1.75. The van der Waals surface area contributed by atoms with Crippen molar-refractivity contribution >= 4 is 0 Å². The Morgan fingerprint density at radius 1 is 1.64 bits per heavy atom. The van der Waals surface area contributed by atoms with E-state index in [0.717, 1.165) is 6.54 Å². The van der Waals surface area contributed by atoms with Crippen LogP contribution in [-0.2, 0) is 6.54 Å². The van der Waals surface area contributed by atoms with Crippen molar-refractivity contribution < 1.29 is 0 Å². The fraction of sp³-hybridized carbons (Fsp3) is 0.750. The summed E-state index contributed by atoms with van der Waals surface area (Å²) in [6.07, 6.45) is 2.87. The van der Waals surface area contributed by atoms with E-state index in [1.54, 1.807) is 6.33 Å². The molecule has 1 atom stereocenters. The van der Waals surface area contributed by atoms with Crippen LogP contribution < -0.4 is 0 Å². The molecule has 0 spiro atoms. The monoisotopic (exact) mass is 151 g/mol. The van der Waals surface area contributed by atoms with Gasteiger partial charge in [-0.1, -0.05) is 13.8 Å². The molecule has 2 heterocycles. The summed E-state index contributed by atoms with van der Waals surface area (Å²) < 4.78 is 2.02. The van der Waals surface area contributed by atoms with Crippen LogP contribution in [0.3, 0.4) is 0 Å². The Kier molecular flexibility index (Phi) is 1.44. The Labute approximate surface area is 66.4 Å². The first-order valence-electron chi connectivity index (χ1n) is 4.16. The summed E-state index contributed by atoms with van der Waals surface area (Å²) in [5, 5.41) is 4.13. The van der Waals surface area contributed by atoms with E-state index in [1.165, 1.54) is 12.2 Å². The van der Waals surface area contributed by atoms with Gasteiger partial charge < -0.3 is 0 Å². The molecule has 0 radical (unpaired) electrons. The van der Waals surface area contributed by atoms with E-state index in [-0.39, 0.29) is 0 Å². The van der Waals surface area contributed by atoms with Gasteiger partial charge in [0.05, 0.1) is 0 Å². The van der Waals surface area contributed by atoms with Crippen LogP contribution in [0.4, 0.5) is 0 Å². The Bertz CT molecular complexity index is 252. The highest BCUT2D eigenvalue weighted by molar-refractivity contribution is 5.01. The molecular weight excluding hydrogens is 138 g/mol. The molecule has 0 amide bonds. The largest absolute Gasteiger partial charge is 0.250 e. The van der Waals surface area contributed by atoms with Crippen LogP contribution in [0.5, 0.6) is 0 Å². The van der Waals surface area contributed by atoms with Crippen LogP contribution in [0, 0.1) is 5.92 Å². The average molecular weight is 151 g/mol. The van der Waals surface area contributed by atoms with E-state index in [9.17, 15) is 0 Å². The summed E-state index contributed by atoms with van der Waals surface area (Å²) in [6, 6.07) is 0. The lowest BCUT2D eigenvalue weighted by Gasteiger charge is -2.10. The van der Waals surface area contributed by atoms with E-state index in [0.29, 0.717) is 11.8 Å². The van der Waals surface area contributed by atoms with Crippen molar-refractivity contribution in [1.29, 1.82) is 0 Å². The lowest BCUT2D eigenvalue weighted by molar-refractivity contribution is 0.486. The zero-order valence-electron chi connectivity index (χ0n) is 6.99. The first kappa shape index (κ1) is 6.83. The predicted molar refractivity (Wildman–Crippen MR) is 42.2 cm³/mol. The van der Waals surface area contributed by atoms with Crippen molar-refractivity contribution in [2.45, 2.75) is 32.7 Å². The maximum Gasteiger partial charge on any atom is 0.138 e. The van der Waals surface area contributed by atoms with Crippen LogP contribution in [0.2, 0.25) is 0 Å². The van der Waals surface area contributed by atoms with Crippen LogP contribution in [0.25, 0.3) is 0 Å². The average Bonchev–Trinajstić information content (AvgIpc) is 2.41. The fourth-order valence-electron chi connectivity index (χ4n) is 1.75. The lowest BCUT2D eigenvalue weighted by Crippen LogP contribution is -2.03. The van der Waals surface area contributed by atoms with Crippen molar-refractivity contribution in [1.82, 2.24) is 14.8 Å². The third-order valence-electron chi connectivity index (χ3n) is 2.43. The van der Waals surface area contributed by atoms with Gasteiger partial charge in [0, 0.05) is 12.5 Å². The van der Waals surface area contributed by atoms with Gasteiger partial charge in [0.15, 0.2) is 0 Å². The molecule has 3 nitrogen and oxygen atoms in total. The second-order valence-corrected chi connectivity index (χ2v) is 3.48. The molecule has 1 aromatic rings. The normalized spacial score (nSPS) is 22.6. The number of aromatic nitrogens is 3. The van der Waals surface area contributed by atoms with Gasteiger partial charge in [-0.05, 0) is 12.3 Å². The van der Waals surface area contributed by atoms with Crippen LogP contribution >= 0.6 is 0 Å². The highest BCUT2D eigenvalue weighted by Gasteiger charge is 2.26. The second kappa shape index (κ2) is 2.32. The van der Waals surface area contributed by atoms with Crippen LogP contribution in [0.15, 0.2) is 6.33 Å². The number of hydrogen-bond donors (Lipinski definition) is 0. The first-order valence-corrected chi connectivity index (χ1v) is 4.16. The van der Waals surface area contributed by atoms with Crippen molar-refractivity contribution in [3.63, 3.8) is 0 Å². The van der Waals surface area contributed by atoms with Crippen molar-refractivity contribution in [3.05, 3.63) is 12.2 Å². The second-order valence-electron chi connectivity index (χ2n) is 3.48. The molecule has 0 bridgehead atoms. The molecule has 0 saturated carbocycles. The molecule has 0 aliphatic carbocycles. The Balaban J connectivity index is 2.31. The molecule has 0 saturated heterocycles. The van der Waals surface area contributed by atoms with E-state index < -0.39 is 0 Å². The minimum atomic E-state index is 0.637. The SMILES string of the molecule is CC(C)C1CCn2ncnc21. The predicted octanol–water partition coefficient (Wildman–Crippen LogP) is 1.42. The Morgan fingerprint density at radius 2 is 2.45 bits per heavy atom. The van der Waals surface area contributed by atoms with Crippen molar-refractivity contribution in [2.75, 3.05) is 0 Å². The molecule has 1 aliphatic rings. The zero-order chi connectivity index (χ0) is 7.84. The molecule has 0 N–H and O–H groups in total. The van der Waals surface area contributed by atoms with E-state index in [2.05, 4.69) is 23.9 Å². The van der Waals surface area contributed by atoms with Gasteiger partial charge in [-0.3, -0.25) is 0 Å². The number of hydrogen-bond acceptors (Lipinski definition) is 2. The minimum absolute atomic E-state index is 0.637. The molecule has 11 heavy (non-hydrogen) atoms. The Hall–Kier alpha value is -0.860. The molecule has 1 aliphatic heterocycles. The highest BCUT2D eigenvalue weighted by atomic mass is 15.3. The van der Waals surface area contributed by atoms with Gasteiger partial charge >= 0.3 is 0 Å². The highest BCUT2D eigenvalue weighted by Crippen LogP contribution is 2.31. The molecular formula is C8H13N3. The van der Waals surface area contributed by atoms with E-state index in [1.807, 2.05) is 4.68 Å². The summed E-state index contributed by atoms with van der Waals surface area (Å²) in [4.78, 5) is 4.25. The molecule has 0 aromatic carbocycles. The van der Waals surface area contributed by atoms with Crippen LogP contribution in [0.1, 0.15) is 32.0 Å².